The Labute approximate surface area is 163 Å². The summed E-state index contributed by atoms with van der Waals surface area (Å²) in [5.41, 5.74) is 7.74. The topological polar surface area (TPSA) is 84.6 Å². The van der Waals surface area contributed by atoms with Gasteiger partial charge < -0.3 is 20.7 Å². The Morgan fingerprint density at radius 2 is 2.11 bits per heavy atom. The number of hydrogen-bond donors (Lipinski definition) is 3. The van der Waals surface area contributed by atoms with Gasteiger partial charge in [-0.05, 0) is 80.9 Å². The van der Waals surface area contributed by atoms with Crippen molar-refractivity contribution in [3.05, 3.63) is 29.3 Å². The summed E-state index contributed by atoms with van der Waals surface area (Å²) in [4.78, 5) is 12.5. The first-order valence-corrected chi connectivity index (χ1v) is 10.4. The first kappa shape index (κ1) is 20.2. The molecule has 2 unspecified atom stereocenters. The van der Waals surface area contributed by atoms with Crippen LogP contribution in [0.4, 0.5) is 0 Å². The fraction of sp³-hybridized carbons (Fsp3) is 0.667. The van der Waals surface area contributed by atoms with E-state index in [1.807, 2.05) is 25.1 Å². The van der Waals surface area contributed by atoms with Gasteiger partial charge in [-0.2, -0.15) is 0 Å². The van der Waals surface area contributed by atoms with Gasteiger partial charge in [-0.1, -0.05) is 25.1 Å². The van der Waals surface area contributed by atoms with Crippen LogP contribution in [0.15, 0.2) is 18.2 Å². The summed E-state index contributed by atoms with van der Waals surface area (Å²) in [6.45, 7) is 5.03. The molecule has 1 amide bonds. The Kier molecular flexibility index (Phi) is 6.82. The maximum absolute atomic E-state index is 12.5. The molecular formula is C21H33BN2O3. The number of rotatable bonds is 6. The molecule has 0 bridgehead atoms. The molecular weight excluding hydrogens is 339 g/mol. The van der Waals surface area contributed by atoms with Crippen molar-refractivity contribution in [3.8, 4) is 5.75 Å². The highest BCUT2D eigenvalue weighted by molar-refractivity contribution is 6.46. The predicted molar refractivity (Wildman–Crippen MR) is 108 cm³/mol. The number of amides is 1. The summed E-state index contributed by atoms with van der Waals surface area (Å²) in [6.07, 6.45) is 6.85. The van der Waals surface area contributed by atoms with Crippen LogP contribution in [0.1, 0.15) is 56.6 Å². The highest BCUT2D eigenvalue weighted by Crippen LogP contribution is 2.36. The van der Waals surface area contributed by atoms with Crippen LogP contribution in [0.25, 0.3) is 0 Å². The normalized spacial score (nSPS) is 26.1. The Morgan fingerprint density at radius 1 is 1.37 bits per heavy atom. The number of fused-ring (bicyclic) bond motifs is 1. The predicted octanol–water partition coefficient (Wildman–Crippen LogP) is 2.62. The fourth-order valence-corrected chi connectivity index (χ4v) is 4.69. The minimum absolute atomic E-state index is 0.0252. The summed E-state index contributed by atoms with van der Waals surface area (Å²) in [7, 11) is -0.990. The minimum atomic E-state index is -0.990. The molecule has 1 aliphatic carbocycles. The molecule has 0 saturated heterocycles. The Bertz CT molecular complexity index is 646. The number of hydrogen-bond acceptors (Lipinski definition) is 4. The largest absolute Gasteiger partial charge is 0.547 e. The third-order valence-corrected chi connectivity index (χ3v) is 6.45. The van der Waals surface area contributed by atoms with Crippen LogP contribution in [0.5, 0.6) is 5.75 Å². The zero-order valence-electron chi connectivity index (χ0n) is 16.6. The SMILES string of the molecule is Cc1cccc2c1OB(O)C(NC(=O)CC1CCC(C(C)CCN)CC1)C2. The van der Waals surface area contributed by atoms with Crippen LogP contribution in [0.3, 0.4) is 0 Å². The van der Waals surface area contributed by atoms with Crippen LogP contribution >= 0.6 is 0 Å². The zero-order chi connectivity index (χ0) is 19.4. The number of nitrogens with two attached hydrogens (primary N) is 1. The molecule has 2 atom stereocenters. The summed E-state index contributed by atoms with van der Waals surface area (Å²) in [5, 5.41) is 13.3. The summed E-state index contributed by atoms with van der Waals surface area (Å²) in [6, 6.07) is 5.95. The average Bonchev–Trinajstić information content (AvgIpc) is 2.64. The van der Waals surface area contributed by atoms with Gasteiger partial charge in [0, 0.05) is 6.42 Å². The number of nitrogens with one attached hydrogen (secondary N) is 1. The summed E-state index contributed by atoms with van der Waals surface area (Å²) in [5.74, 6) is 2.27. The van der Waals surface area contributed by atoms with Crippen LogP contribution in [-0.4, -0.2) is 30.5 Å². The second-order valence-corrected chi connectivity index (χ2v) is 8.49. The van der Waals surface area contributed by atoms with E-state index in [1.165, 1.54) is 12.8 Å². The van der Waals surface area contributed by atoms with E-state index in [0.717, 1.165) is 48.6 Å². The van der Waals surface area contributed by atoms with Gasteiger partial charge in [-0.3, -0.25) is 4.79 Å². The van der Waals surface area contributed by atoms with E-state index < -0.39 is 7.12 Å². The van der Waals surface area contributed by atoms with Gasteiger partial charge in [0.25, 0.3) is 0 Å². The Morgan fingerprint density at radius 3 is 2.81 bits per heavy atom. The van der Waals surface area contributed by atoms with Crippen LogP contribution in [-0.2, 0) is 11.2 Å². The molecule has 1 aliphatic heterocycles. The highest BCUT2D eigenvalue weighted by atomic mass is 16.5. The second kappa shape index (κ2) is 9.11. The van der Waals surface area contributed by atoms with Gasteiger partial charge in [0.1, 0.15) is 5.75 Å². The molecule has 1 saturated carbocycles. The first-order chi connectivity index (χ1) is 13.0. The smallest absolute Gasteiger partial charge is 0.534 e. The molecule has 1 aromatic carbocycles. The summed E-state index contributed by atoms with van der Waals surface area (Å²) >= 11 is 0. The van der Waals surface area contributed by atoms with Crippen molar-refractivity contribution in [2.24, 2.45) is 23.5 Å². The third-order valence-electron chi connectivity index (χ3n) is 6.45. The molecule has 1 aromatic rings. The molecule has 0 aromatic heterocycles. The standard InChI is InChI=1S/C21H33BN2O3/c1-14(10-11-23)17-8-6-16(7-9-17)12-20(25)24-19-13-18-5-3-4-15(2)21(18)27-22(19)26/h3-5,14,16-17,19,26H,6-13,23H2,1-2H3,(H,24,25). The molecule has 27 heavy (non-hydrogen) atoms. The van der Waals surface area contributed by atoms with Crippen molar-refractivity contribution < 1.29 is 14.5 Å². The second-order valence-electron chi connectivity index (χ2n) is 8.49. The first-order valence-electron chi connectivity index (χ1n) is 10.4. The number of para-hydroxylation sites is 1. The number of benzene rings is 1. The molecule has 1 heterocycles. The number of aryl methyl sites for hydroxylation is 1. The molecule has 148 valence electrons. The maximum Gasteiger partial charge on any atom is 0.547 e. The van der Waals surface area contributed by atoms with E-state index in [4.69, 9.17) is 10.4 Å². The number of carbonyl (C=O) groups is 1. The molecule has 0 spiro atoms. The average molecular weight is 372 g/mol. The van der Waals surface area contributed by atoms with Crippen LogP contribution < -0.4 is 15.7 Å². The van der Waals surface area contributed by atoms with Gasteiger partial charge in [0.05, 0.1) is 5.94 Å². The van der Waals surface area contributed by atoms with Crippen molar-refractivity contribution in [1.29, 1.82) is 0 Å². The zero-order valence-corrected chi connectivity index (χ0v) is 16.6. The quantitative estimate of drug-likeness (QED) is 0.671. The highest BCUT2D eigenvalue weighted by Gasteiger charge is 2.37. The lowest BCUT2D eigenvalue weighted by Gasteiger charge is -2.33. The third kappa shape index (κ3) is 5.05. The van der Waals surface area contributed by atoms with E-state index in [0.29, 0.717) is 24.7 Å². The van der Waals surface area contributed by atoms with Gasteiger partial charge in [-0.15, -0.1) is 0 Å². The van der Waals surface area contributed by atoms with E-state index in [-0.39, 0.29) is 11.8 Å². The van der Waals surface area contributed by atoms with Gasteiger partial charge >= 0.3 is 7.12 Å². The molecule has 1 fully saturated rings. The van der Waals surface area contributed by atoms with Crippen LogP contribution in [0.2, 0.25) is 0 Å². The van der Waals surface area contributed by atoms with E-state index in [1.54, 1.807) is 0 Å². The molecule has 2 aliphatic rings. The molecule has 3 rings (SSSR count). The van der Waals surface area contributed by atoms with E-state index >= 15 is 0 Å². The van der Waals surface area contributed by atoms with Crippen molar-refractivity contribution in [2.75, 3.05) is 6.54 Å². The minimum Gasteiger partial charge on any atom is -0.534 e. The van der Waals surface area contributed by atoms with Crippen LogP contribution in [0, 0.1) is 24.7 Å². The Balaban J connectivity index is 1.47. The molecule has 5 nitrogen and oxygen atoms in total. The van der Waals surface area contributed by atoms with Gasteiger partial charge in [0.15, 0.2) is 0 Å². The molecule has 4 N–H and O–H groups in total. The number of carbonyl (C=O) groups excluding carboxylic acids is 1. The Hall–Kier alpha value is -1.53. The van der Waals surface area contributed by atoms with Gasteiger partial charge in [-0.25, -0.2) is 0 Å². The van der Waals surface area contributed by atoms with E-state index in [2.05, 4.69) is 12.2 Å². The molecule has 6 heteroatoms. The van der Waals surface area contributed by atoms with Gasteiger partial charge in [0.2, 0.25) is 5.91 Å². The van der Waals surface area contributed by atoms with Crippen molar-refractivity contribution in [1.82, 2.24) is 5.32 Å². The van der Waals surface area contributed by atoms with Crippen molar-refractivity contribution in [2.45, 2.75) is 64.7 Å². The van der Waals surface area contributed by atoms with Crippen molar-refractivity contribution in [3.63, 3.8) is 0 Å². The monoisotopic (exact) mass is 372 g/mol. The fourth-order valence-electron chi connectivity index (χ4n) is 4.69. The lowest BCUT2D eigenvalue weighted by Crippen LogP contribution is -2.53. The molecule has 0 radical (unpaired) electrons. The van der Waals surface area contributed by atoms with E-state index in [9.17, 15) is 9.82 Å². The van der Waals surface area contributed by atoms with Crippen molar-refractivity contribution >= 4 is 13.0 Å². The summed E-state index contributed by atoms with van der Waals surface area (Å²) < 4.78 is 5.66. The lowest BCUT2D eigenvalue weighted by molar-refractivity contribution is -0.122. The maximum atomic E-state index is 12.5. The lowest BCUT2D eigenvalue weighted by atomic mass is 9.71.